The molecule has 1 fully saturated rings. The Morgan fingerprint density at radius 1 is 1.26 bits per heavy atom. The lowest BCUT2D eigenvalue weighted by molar-refractivity contribution is -0.120. The summed E-state index contributed by atoms with van der Waals surface area (Å²) >= 11 is 7.09. The first-order chi connectivity index (χ1) is 14.7. The van der Waals surface area contributed by atoms with Crippen molar-refractivity contribution in [1.82, 2.24) is 8.87 Å². The summed E-state index contributed by atoms with van der Waals surface area (Å²) in [6.07, 6.45) is 1.24. The van der Waals surface area contributed by atoms with Gasteiger partial charge in [0, 0.05) is 30.8 Å². The zero-order chi connectivity index (χ0) is 22.2. The van der Waals surface area contributed by atoms with Crippen LogP contribution >= 0.6 is 22.9 Å². The number of anilines is 1. The molecule has 0 aliphatic carbocycles. The summed E-state index contributed by atoms with van der Waals surface area (Å²) in [5.74, 6) is -0.802. The van der Waals surface area contributed by atoms with Crippen LogP contribution in [-0.4, -0.2) is 36.3 Å². The van der Waals surface area contributed by atoms with E-state index in [2.05, 4.69) is 5.32 Å². The van der Waals surface area contributed by atoms with Crippen molar-refractivity contribution in [1.29, 1.82) is 0 Å². The fourth-order valence-electron chi connectivity index (χ4n) is 3.79. The Bertz CT molecular complexity index is 1300. The number of hydrogen-bond acceptors (Lipinski definition) is 5. The second-order valence-electron chi connectivity index (χ2n) is 7.68. The maximum atomic E-state index is 12.9. The van der Waals surface area contributed by atoms with Crippen molar-refractivity contribution < 1.29 is 13.2 Å². The Labute approximate surface area is 189 Å². The molecule has 0 spiro atoms. The second-order valence-corrected chi connectivity index (χ2v) is 11.1. The van der Waals surface area contributed by atoms with Crippen LogP contribution in [0.15, 0.2) is 47.3 Å². The molecular formula is C21H22ClN3O4S2. The van der Waals surface area contributed by atoms with Gasteiger partial charge in [0.1, 0.15) is 0 Å². The lowest BCUT2D eigenvalue weighted by atomic mass is 9.98. The molecule has 2 aromatic carbocycles. The summed E-state index contributed by atoms with van der Waals surface area (Å²) in [6.45, 7) is 0.548. The standard InChI is InChI=1S/C21H22ClN3O4S2/c1-24-18-8-7-17(11-19(18)30-21(24)27)23-20(26)15-5-3-9-25(12-15)31(28,29)13-14-4-2-6-16(22)10-14/h2,4,6-8,10-11,15H,3,5,9,12-13H2,1H3,(H,23,26). The van der Waals surface area contributed by atoms with E-state index in [0.29, 0.717) is 35.7 Å². The van der Waals surface area contributed by atoms with Gasteiger partial charge in [0.05, 0.1) is 21.9 Å². The summed E-state index contributed by atoms with van der Waals surface area (Å²) in [6, 6.07) is 12.1. The maximum absolute atomic E-state index is 12.9. The van der Waals surface area contributed by atoms with Crippen LogP contribution in [0, 0.1) is 5.92 Å². The van der Waals surface area contributed by atoms with Crippen LogP contribution in [0.3, 0.4) is 0 Å². The molecule has 164 valence electrons. The van der Waals surface area contributed by atoms with Crippen molar-refractivity contribution in [2.45, 2.75) is 18.6 Å². The van der Waals surface area contributed by atoms with Crippen molar-refractivity contribution in [2.24, 2.45) is 13.0 Å². The van der Waals surface area contributed by atoms with E-state index in [0.717, 1.165) is 21.6 Å². The third-order valence-electron chi connectivity index (χ3n) is 5.45. The molecule has 1 saturated heterocycles. The van der Waals surface area contributed by atoms with E-state index >= 15 is 0 Å². The predicted molar refractivity (Wildman–Crippen MR) is 124 cm³/mol. The first kappa shape index (κ1) is 22.0. The minimum atomic E-state index is -3.56. The summed E-state index contributed by atoms with van der Waals surface area (Å²) in [7, 11) is -1.86. The lowest BCUT2D eigenvalue weighted by Crippen LogP contribution is -2.44. The molecule has 31 heavy (non-hydrogen) atoms. The number of rotatable bonds is 5. The van der Waals surface area contributed by atoms with Gasteiger partial charge in [-0.3, -0.25) is 9.59 Å². The number of fused-ring (bicyclic) bond motifs is 1. The number of sulfonamides is 1. The van der Waals surface area contributed by atoms with Gasteiger partial charge in [-0.05, 0) is 48.7 Å². The van der Waals surface area contributed by atoms with Gasteiger partial charge in [-0.25, -0.2) is 12.7 Å². The zero-order valence-corrected chi connectivity index (χ0v) is 19.3. The highest BCUT2D eigenvalue weighted by molar-refractivity contribution is 7.88. The Morgan fingerprint density at radius 3 is 2.84 bits per heavy atom. The lowest BCUT2D eigenvalue weighted by Gasteiger charge is -2.31. The average molecular weight is 480 g/mol. The second kappa shape index (κ2) is 8.74. The summed E-state index contributed by atoms with van der Waals surface area (Å²) in [5.41, 5.74) is 2.02. The monoisotopic (exact) mass is 479 g/mol. The largest absolute Gasteiger partial charge is 0.326 e. The molecule has 0 saturated carbocycles. The maximum Gasteiger partial charge on any atom is 0.307 e. The minimum Gasteiger partial charge on any atom is -0.326 e. The normalized spacial score (nSPS) is 17.7. The van der Waals surface area contributed by atoms with Crippen molar-refractivity contribution in [3.8, 4) is 0 Å². The number of benzene rings is 2. The van der Waals surface area contributed by atoms with E-state index in [1.54, 1.807) is 54.1 Å². The number of aryl methyl sites for hydroxylation is 1. The van der Waals surface area contributed by atoms with E-state index in [1.165, 1.54) is 4.31 Å². The first-order valence-corrected chi connectivity index (χ1v) is 12.7. The van der Waals surface area contributed by atoms with Gasteiger partial charge in [0.25, 0.3) is 0 Å². The third kappa shape index (κ3) is 4.85. The smallest absolute Gasteiger partial charge is 0.307 e. The molecule has 1 aliphatic heterocycles. The number of halogens is 1. The SMILES string of the molecule is Cn1c(=O)sc2cc(NC(=O)C3CCCN(S(=O)(=O)Cc4cccc(Cl)c4)C3)ccc21. The van der Waals surface area contributed by atoms with Crippen LogP contribution < -0.4 is 10.2 Å². The highest BCUT2D eigenvalue weighted by atomic mass is 35.5. The number of thiazole rings is 1. The van der Waals surface area contributed by atoms with E-state index < -0.39 is 15.9 Å². The molecule has 1 unspecified atom stereocenters. The molecule has 10 heteroatoms. The number of nitrogens with one attached hydrogen (secondary N) is 1. The number of hydrogen-bond donors (Lipinski definition) is 1. The Morgan fingerprint density at radius 2 is 2.06 bits per heavy atom. The fourth-order valence-corrected chi connectivity index (χ4v) is 6.52. The van der Waals surface area contributed by atoms with Crippen molar-refractivity contribution in [3.63, 3.8) is 0 Å². The fraction of sp³-hybridized carbons (Fsp3) is 0.333. The molecule has 1 amide bonds. The van der Waals surface area contributed by atoms with Gasteiger partial charge in [-0.1, -0.05) is 35.1 Å². The van der Waals surface area contributed by atoms with Crippen molar-refractivity contribution in [2.75, 3.05) is 18.4 Å². The Hall–Kier alpha value is -2.20. The summed E-state index contributed by atoms with van der Waals surface area (Å²) in [4.78, 5) is 24.6. The molecule has 2 heterocycles. The van der Waals surface area contributed by atoms with Gasteiger partial charge in [0.2, 0.25) is 15.9 Å². The Balaban J connectivity index is 1.45. The van der Waals surface area contributed by atoms with Crippen LogP contribution in [0.25, 0.3) is 10.2 Å². The number of aromatic nitrogens is 1. The molecular weight excluding hydrogens is 458 g/mol. The molecule has 0 bridgehead atoms. The van der Waals surface area contributed by atoms with Crippen molar-refractivity contribution in [3.05, 3.63) is 62.7 Å². The quantitative estimate of drug-likeness (QED) is 0.607. The van der Waals surface area contributed by atoms with Crippen LogP contribution in [0.4, 0.5) is 5.69 Å². The molecule has 3 aromatic rings. The molecule has 0 radical (unpaired) electrons. The predicted octanol–water partition coefficient (Wildman–Crippen LogP) is 3.43. The van der Waals surface area contributed by atoms with E-state index in [1.807, 2.05) is 0 Å². The van der Waals surface area contributed by atoms with Crippen LogP contribution in [-0.2, 0) is 27.6 Å². The highest BCUT2D eigenvalue weighted by Crippen LogP contribution is 2.25. The summed E-state index contributed by atoms with van der Waals surface area (Å²) < 4.78 is 29.5. The van der Waals surface area contributed by atoms with Gasteiger partial charge >= 0.3 is 4.87 Å². The number of carbonyl (C=O) groups is 1. The van der Waals surface area contributed by atoms with Gasteiger partial charge in [0.15, 0.2) is 0 Å². The number of amides is 1. The van der Waals surface area contributed by atoms with Crippen LogP contribution in [0.2, 0.25) is 5.02 Å². The van der Waals surface area contributed by atoms with Crippen LogP contribution in [0.1, 0.15) is 18.4 Å². The van der Waals surface area contributed by atoms with Crippen molar-refractivity contribution >= 4 is 54.8 Å². The molecule has 7 nitrogen and oxygen atoms in total. The number of piperidine rings is 1. The highest BCUT2D eigenvalue weighted by Gasteiger charge is 2.32. The molecule has 1 atom stereocenters. The summed E-state index contributed by atoms with van der Waals surface area (Å²) in [5, 5.41) is 3.37. The van der Waals surface area contributed by atoms with E-state index in [4.69, 9.17) is 11.6 Å². The zero-order valence-electron chi connectivity index (χ0n) is 16.9. The van der Waals surface area contributed by atoms with Crippen LogP contribution in [0.5, 0.6) is 0 Å². The molecule has 1 N–H and O–H groups in total. The van der Waals surface area contributed by atoms with Gasteiger partial charge < -0.3 is 9.88 Å². The van der Waals surface area contributed by atoms with E-state index in [9.17, 15) is 18.0 Å². The molecule has 1 aromatic heterocycles. The average Bonchev–Trinajstić information content (AvgIpc) is 3.01. The van der Waals surface area contributed by atoms with Gasteiger partial charge in [-0.15, -0.1) is 0 Å². The number of nitrogens with zero attached hydrogens (tertiary/aromatic N) is 2. The molecule has 1 aliphatic rings. The minimum absolute atomic E-state index is 0.0636. The molecule has 4 rings (SSSR count). The Kier molecular flexibility index (Phi) is 6.20. The van der Waals surface area contributed by atoms with Gasteiger partial charge in [-0.2, -0.15) is 0 Å². The first-order valence-electron chi connectivity index (χ1n) is 9.86. The third-order valence-corrected chi connectivity index (χ3v) is 8.49. The number of carbonyl (C=O) groups excluding carboxylic acids is 1. The van der Waals surface area contributed by atoms with E-state index in [-0.39, 0.29) is 23.1 Å². The topological polar surface area (TPSA) is 88.5 Å².